The Morgan fingerprint density at radius 1 is 1.17 bits per heavy atom. The predicted octanol–water partition coefficient (Wildman–Crippen LogP) is 3.25. The van der Waals surface area contributed by atoms with Gasteiger partial charge < -0.3 is 35.1 Å². The number of benzene rings is 1. The van der Waals surface area contributed by atoms with Crippen LogP contribution in [0.3, 0.4) is 0 Å². The molecule has 0 saturated carbocycles. The normalized spacial score (nSPS) is 21.7. The van der Waals surface area contributed by atoms with Gasteiger partial charge in [0.2, 0.25) is 0 Å². The Morgan fingerprint density at radius 2 is 1.89 bits per heavy atom. The number of hydrogen-bond acceptors (Lipinski definition) is 7. The molecule has 0 aliphatic carbocycles. The first-order valence-electron chi connectivity index (χ1n) is 12.3. The fourth-order valence-electron chi connectivity index (χ4n) is 4.70. The van der Waals surface area contributed by atoms with Gasteiger partial charge in [0.25, 0.3) is 5.91 Å². The van der Waals surface area contributed by atoms with E-state index >= 15 is 0 Å². The van der Waals surface area contributed by atoms with Crippen molar-refractivity contribution in [2.75, 3.05) is 59.3 Å². The summed E-state index contributed by atoms with van der Waals surface area (Å²) in [6.07, 6.45) is 2.36. The summed E-state index contributed by atoms with van der Waals surface area (Å²) >= 11 is 6.13. The lowest BCUT2D eigenvalue weighted by atomic mass is 9.94. The van der Waals surface area contributed by atoms with Crippen LogP contribution in [-0.2, 0) is 9.47 Å². The topological polar surface area (TPSA) is 106 Å². The fourth-order valence-corrected chi connectivity index (χ4v) is 4.87. The average Bonchev–Trinajstić information content (AvgIpc) is 2.85. The third-order valence-electron chi connectivity index (χ3n) is 6.76. The molecule has 0 unspecified atom stereocenters. The second-order valence-corrected chi connectivity index (χ2v) is 10.3. The van der Waals surface area contributed by atoms with Gasteiger partial charge in [-0.2, -0.15) is 0 Å². The van der Waals surface area contributed by atoms with Crippen LogP contribution in [0.15, 0.2) is 12.1 Å². The van der Waals surface area contributed by atoms with Gasteiger partial charge in [0, 0.05) is 45.9 Å². The summed E-state index contributed by atoms with van der Waals surface area (Å²) in [5.41, 5.74) is 6.55. The van der Waals surface area contributed by atoms with Gasteiger partial charge in [0.1, 0.15) is 5.75 Å². The number of piperidine rings is 2. The number of nitrogens with one attached hydrogen (secondary N) is 1. The zero-order valence-corrected chi connectivity index (χ0v) is 22.0. The number of carbonyl (C=O) groups is 2. The first kappa shape index (κ1) is 27.4. The van der Waals surface area contributed by atoms with Crippen LogP contribution in [0.1, 0.15) is 43.5 Å². The van der Waals surface area contributed by atoms with Crippen molar-refractivity contribution in [3.8, 4) is 5.75 Å². The summed E-state index contributed by atoms with van der Waals surface area (Å²) in [5, 5.41) is 3.40. The van der Waals surface area contributed by atoms with Crippen molar-refractivity contribution < 1.29 is 23.8 Å². The number of nitrogens with two attached hydrogens (primary N) is 1. The van der Waals surface area contributed by atoms with E-state index in [0.717, 1.165) is 52.0 Å². The largest absolute Gasteiger partial charge is 0.496 e. The molecule has 0 aromatic heterocycles. The van der Waals surface area contributed by atoms with Crippen LogP contribution < -0.4 is 15.8 Å². The highest BCUT2D eigenvalue weighted by Gasteiger charge is 2.33. The van der Waals surface area contributed by atoms with E-state index in [9.17, 15) is 9.59 Å². The SMILES string of the molecule is COc1cc(N)c(Cl)cc1C(=O)N[C@H]1CCN(CC2CCN(C(=O)OCC(C)C)CC2)C[C@H]1OC. The average molecular weight is 511 g/mol. The van der Waals surface area contributed by atoms with Crippen LogP contribution in [0, 0.1) is 11.8 Å². The molecule has 2 amide bonds. The molecule has 2 aliphatic rings. The molecular weight excluding hydrogens is 472 g/mol. The number of halogens is 1. The Morgan fingerprint density at radius 3 is 2.51 bits per heavy atom. The Balaban J connectivity index is 1.49. The van der Waals surface area contributed by atoms with Gasteiger partial charge in [-0.15, -0.1) is 0 Å². The molecule has 2 atom stereocenters. The highest BCUT2D eigenvalue weighted by Crippen LogP contribution is 2.29. The number of rotatable bonds is 8. The number of anilines is 1. The standard InChI is InChI=1S/C25H39ClN4O5/c1-16(2)15-35-25(32)30-9-5-17(6-10-30)13-29-8-7-21(23(14-29)34-4)28-24(31)18-11-19(26)20(27)12-22(18)33-3/h11-12,16-17,21,23H,5-10,13-15,27H2,1-4H3,(H,28,31)/t21-,23+/m0/s1. The summed E-state index contributed by atoms with van der Waals surface area (Å²) in [6.45, 7) is 8.54. The quantitative estimate of drug-likeness (QED) is 0.517. The molecular formula is C25H39ClN4O5. The zero-order chi connectivity index (χ0) is 25.5. The highest BCUT2D eigenvalue weighted by atomic mass is 35.5. The minimum absolute atomic E-state index is 0.123. The van der Waals surface area contributed by atoms with Gasteiger partial charge in [-0.3, -0.25) is 4.79 Å². The summed E-state index contributed by atoms with van der Waals surface area (Å²) in [4.78, 5) is 29.4. The first-order valence-corrected chi connectivity index (χ1v) is 12.7. The molecule has 35 heavy (non-hydrogen) atoms. The van der Waals surface area contributed by atoms with Gasteiger partial charge in [0.15, 0.2) is 0 Å². The number of ether oxygens (including phenoxy) is 3. The molecule has 3 rings (SSSR count). The monoisotopic (exact) mass is 510 g/mol. The van der Waals surface area contributed by atoms with Crippen LogP contribution in [0.25, 0.3) is 0 Å². The molecule has 1 aromatic rings. The maximum Gasteiger partial charge on any atom is 0.409 e. The van der Waals surface area contributed by atoms with Crippen molar-refractivity contribution in [1.82, 2.24) is 15.1 Å². The van der Waals surface area contributed by atoms with E-state index in [1.165, 1.54) is 13.2 Å². The molecule has 2 heterocycles. The van der Waals surface area contributed by atoms with Gasteiger partial charge >= 0.3 is 6.09 Å². The number of nitrogens with zero attached hydrogens (tertiary/aromatic N) is 2. The number of likely N-dealkylation sites (tertiary alicyclic amines) is 2. The molecule has 9 nitrogen and oxygen atoms in total. The molecule has 0 radical (unpaired) electrons. The molecule has 10 heteroatoms. The zero-order valence-electron chi connectivity index (χ0n) is 21.2. The lowest BCUT2D eigenvalue weighted by Crippen LogP contribution is -2.55. The first-order chi connectivity index (χ1) is 16.7. The van der Waals surface area contributed by atoms with E-state index < -0.39 is 0 Å². The third kappa shape index (κ3) is 7.38. The van der Waals surface area contributed by atoms with Crippen molar-refractivity contribution in [3.05, 3.63) is 22.7 Å². The smallest absolute Gasteiger partial charge is 0.409 e. The number of nitrogen functional groups attached to an aromatic ring is 1. The van der Waals surface area contributed by atoms with Crippen LogP contribution in [-0.4, -0.2) is 87.5 Å². The molecule has 3 N–H and O–H groups in total. The maximum atomic E-state index is 13.0. The van der Waals surface area contributed by atoms with Crippen LogP contribution in [0.4, 0.5) is 10.5 Å². The van der Waals surface area contributed by atoms with Crippen molar-refractivity contribution >= 4 is 29.3 Å². The number of amides is 2. The van der Waals surface area contributed by atoms with E-state index in [1.54, 1.807) is 13.2 Å². The third-order valence-corrected chi connectivity index (χ3v) is 7.08. The Kier molecular flexibility index (Phi) is 9.89. The van der Waals surface area contributed by atoms with Crippen LogP contribution in [0.2, 0.25) is 5.02 Å². The van der Waals surface area contributed by atoms with Crippen molar-refractivity contribution in [3.63, 3.8) is 0 Å². The van der Waals surface area contributed by atoms with Crippen molar-refractivity contribution in [1.29, 1.82) is 0 Å². The second-order valence-electron chi connectivity index (χ2n) is 9.88. The number of hydrogen-bond donors (Lipinski definition) is 2. The summed E-state index contributed by atoms with van der Waals surface area (Å²) < 4.78 is 16.4. The number of carbonyl (C=O) groups excluding carboxylic acids is 2. The van der Waals surface area contributed by atoms with E-state index in [1.807, 2.05) is 18.7 Å². The lowest BCUT2D eigenvalue weighted by Gasteiger charge is -2.40. The van der Waals surface area contributed by atoms with E-state index in [2.05, 4.69) is 10.2 Å². The van der Waals surface area contributed by atoms with Crippen LogP contribution in [0.5, 0.6) is 5.75 Å². The minimum Gasteiger partial charge on any atom is -0.496 e. The second kappa shape index (κ2) is 12.6. The van der Waals surface area contributed by atoms with E-state index in [4.69, 9.17) is 31.5 Å². The molecule has 2 aliphatic heterocycles. The Hall–Kier alpha value is -2.23. The molecule has 196 valence electrons. The lowest BCUT2D eigenvalue weighted by molar-refractivity contribution is -0.00153. The van der Waals surface area contributed by atoms with Gasteiger partial charge in [0.05, 0.1) is 42.1 Å². The fraction of sp³-hybridized carbons (Fsp3) is 0.680. The summed E-state index contributed by atoms with van der Waals surface area (Å²) in [5.74, 6) is 0.981. The summed E-state index contributed by atoms with van der Waals surface area (Å²) in [7, 11) is 3.17. The van der Waals surface area contributed by atoms with Gasteiger partial charge in [-0.1, -0.05) is 25.4 Å². The minimum atomic E-state index is -0.263. The highest BCUT2D eigenvalue weighted by molar-refractivity contribution is 6.33. The Bertz CT molecular complexity index is 876. The molecule has 0 spiro atoms. The maximum absolute atomic E-state index is 13.0. The van der Waals surface area contributed by atoms with Gasteiger partial charge in [-0.25, -0.2) is 4.79 Å². The number of methoxy groups -OCH3 is 2. The van der Waals surface area contributed by atoms with E-state index in [-0.39, 0.29) is 24.1 Å². The molecule has 1 aromatic carbocycles. The van der Waals surface area contributed by atoms with E-state index in [0.29, 0.717) is 40.5 Å². The molecule has 2 saturated heterocycles. The van der Waals surface area contributed by atoms with Crippen LogP contribution >= 0.6 is 11.6 Å². The van der Waals surface area contributed by atoms with Crippen molar-refractivity contribution in [2.24, 2.45) is 11.8 Å². The van der Waals surface area contributed by atoms with Crippen molar-refractivity contribution in [2.45, 2.75) is 45.3 Å². The predicted molar refractivity (Wildman–Crippen MR) is 136 cm³/mol. The Labute approximate surface area is 213 Å². The molecule has 2 fully saturated rings. The van der Waals surface area contributed by atoms with Gasteiger partial charge in [-0.05, 0) is 37.2 Å². The molecule has 0 bridgehead atoms. The summed E-state index contributed by atoms with van der Waals surface area (Å²) in [6, 6.07) is 2.97.